The van der Waals surface area contributed by atoms with Crippen molar-refractivity contribution in [2.45, 2.75) is 219 Å². The molecule has 9 heteroatoms. The van der Waals surface area contributed by atoms with Crippen LogP contribution in [-0.2, 0) is 18.4 Å². The first-order valence-electron chi connectivity index (χ1n) is 25.9. The number of allylic oxidation sites excluding steroid dienone is 13. The zero-order chi connectivity index (χ0) is 47.1. The Bertz CT molecular complexity index is 1310. The molecule has 0 saturated carbocycles. The van der Waals surface area contributed by atoms with Gasteiger partial charge in [0.15, 0.2) is 0 Å². The van der Waals surface area contributed by atoms with Crippen molar-refractivity contribution in [3.05, 3.63) is 85.1 Å². The lowest BCUT2D eigenvalue weighted by molar-refractivity contribution is -0.870. The molecule has 370 valence electrons. The van der Waals surface area contributed by atoms with Crippen molar-refractivity contribution < 1.29 is 32.9 Å². The van der Waals surface area contributed by atoms with Crippen molar-refractivity contribution in [2.24, 2.45) is 0 Å². The van der Waals surface area contributed by atoms with Crippen molar-refractivity contribution in [3.63, 3.8) is 0 Å². The number of nitrogens with one attached hydrogen (secondary N) is 1. The van der Waals surface area contributed by atoms with Crippen LogP contribution in [0.2, 0.25) is 0 Å². The first-order chi connectivity index (χ1) is 31.0. The van der Waals surface area contributed by atoms with E-state index >= 15 is 0 Å². The third-order valence-corrected chi connectivity index (χ3v) is 12.0. The Morgan fingerprint density at radius 3 is 1.45 bits per heavy atom. The minimum atomic E-state index is -4.61. The number of phosphoric ester groups is 1. The van der Waals surface area contributed by atoms with Crippen LogP contribution in [0.4, 0.5) is 0 Å². The van der Waals surface area contributed by atoms with Crippen LogP contribution in [-0.4, -0.2) is 68.5 Å². The Morgan fingerprint density at radius 2 is 0.969 bits per heavy atom. The molecule has 3 unspecified atom stereocenters. The predicted molar refractivity (Wildman–Crippen MR) is 274 cm³/mol. The number of phosphoric acid groups is 1. The average Bonchev–Trinajstić information content (AvgIpc) is 3.25. The number of quaternary nitrogens is 1. The second kappa shape index (κ2) is 45.8. The van der Waals surface area contributed by atoms with Gasteiger partial charge in [-0.25, -0.2) is 0 Å². The molecular weight excluding hydrogens is 816 g/mol. The first-order valence-corrected chi connectivity index (χ1v) is 27.4. The average molecular weight is 915 g/mol. The Balaban J connectivity index is 4.38. The van der Waals surface area contributed by atoms with E-state index in [0.717, 1.165) is 77.0 Å². The number of amides is 1. The van der Waals surface area contributed by atoms with Crippen molar-refractivity contribution >= 4 is 13.7 Å². The Kier molecular flexibility index (Phi) is 44.2. The van der Waals surface area contributed by atoms with Crippen molar-refractivity contribution in [2.75, 3.05) is 40.9 Å². The fraction of sp³-hybridized carbons (Fsp3) is 0.727. The van der Waals surface area contributed by atoms with E-state index in [1.807, 2.05) is 27.2 Å². The number of unbranched alkanes of at least 4 members (excludes halogenated alkanes) is 21. The third kappa shape index (κ3) is 47.6. The van der Waals surface area contributed by atoms with Gasteiger partial charge in [0, 0.05) is 6.42 Å². The minimum absolute atomic E-state index is 0.0137. The van der Waals surface area contributed by atoms with E-state index in [0.29, 0.717) is 17.4 Å². The molecule has 0 spiro atoms. The summed E-state index contributed by atoms with van der Waals surface area (Å²) in [5, 5.41) is 13.8. The number of nitrogens with zero attached hydrogens (tertiary/aromatic N) is 1. The SMILES string of the molecule is CC/C=C\C/C=C\C/C=C\C/C=C\CCCCCCCCCCCCC(=O)NC(COP(=O)([O-])OCC[N+](C)(C)C)C(O)/C=C/CC/C=C/CC/C=C/CCCCCCCCCCC. The van der Waals surface area contributed by atoms with E-state index < -0.39 is 26.6 Å². The fourth-order valence-electron chi connectivity index (χ4n) is 7.00. The molecule has 0 heterocycles. The van der Waals surface area contributed by atoms with E-state index in [9.17, 15) is 19.4 Å². The van der Waals surface area contributed by atoms with Crippen molar-refractivity contribution in [1.82, 2.24) is 5.32 Å². The molecule has 0 aromatic carbocycles. The molecule has 0 bridgehead atoms. The van der Waals surface area contributed by atoms with Crippen LogP contribution in [0, 0.1) is 0 Å². The van der Waals surface area contributed by atoms with Crippen LogP contribution < -0.4 is 10.2 Å². The normalized spacial score (nSPS) is 14.8. The fourth-order valence-corrected chi connectivity index (χ4v) is 7.72. The molecule has 64 heavy (non-hydrogen) atoms. The molecule has 2 N–H and O–H groups in total. The second-order valence-electron chi connectivity index (χ2n) is 18.5. The summed E-state index contributed by atoms with van der Waals surface area (Å²) >= 11 is 0. The maximum absolute atomic E-state index is 12.9. The lowest BCUT2D eigenvalue weighted by Gasteiger charge is -2.29. The lowest BCUT2D eigenvalue weighted by Crippen LogP contribution is -2.45. The molecule has 0 aliphatic rings. The van der Waals surface area contributed by atoms with Gasteiger partial charge in [-0.1, -0.05) is 202 Å². The number of aliphatic hydroxyl groups is 1. The summed E-state index contributed by atoms with van der Waals surface area (Å²) in [5.74, 6) is -0.219. The van der Waals surface area contributed by atoms with Crippen LogP contribution in [0.25, 0.3) is 0 Å². The quantitative estimate of drug-likeness (QED) is 0.0273. The molecule has 0 aliphatic carbocycles. The standard InChI is InChI=1S/C55H99N2O6P/c1-6-8-10-12-14-16-18-20-22-24-26-27-28-29-31-33-35-37-39-41-43-45-47-49-55(59)56-53(52-63-64(60,61)62-51-50-57(3,4)5)54(58)48-46-44-42-40-38-36-34-32-30-25-23-21-19-17-15-13-11-9-7-2/h8,10,14,16,20,22,26-27,30,32,38,40,46,48,53-54,58H,6-7,9,11-13,15,17-19,21,23-25,28-29,31,33-37,39,41-45,47,49-52H2,1-5H3,(H-,56,59,60,61)/b10-8-,16-14-,22-20-,27-26-,32-30+,40-38+,48-46+. The molecule has 0 aliphatic heterocycles. The van der Waals surface area contributed by atoms with Crippen LogP contribution in [0.1, 0.15) is 206 Å². The number of aliphatic hydroxyl groups excluding tert-OH is 1. The summed E-state index contributed by atoms with van der Waals surface area (Å²) in [4.78, 5) is 25.4. The zero-order valence-corrected chi connectivity index (χ0v) is 42.8. The highest BCUT2D eigenvalue weighted by Crippen LogP contribution is 2.38. The molecule has 0 rings (SSSR count). The monoisotopic (exact) mass is 915 g/mol. The maximum Gasteiger partial charge on any atom is 0.268 e. The van der Waals surface area contributed by atoms with E-state index in [1.165, 1.54) is 109 Å². The van der Waals surface area contributed by atoms with Crippen molar-refractivity contribution in [1.29, 1.82) is 0 Å². The number of carbonyl (C=O) groups excluding carboxylic acids is 1. The Hall–Kier alpha value is -2.32. The second-order valence-corrected chi connectivity index (χ2v) is 19.9. The van der Waals surface area contributed by atoms with Crippen LogP contribution >= 0.6 is 7.82 Å². The largest absolute Gasteiger partial charge is 0.756 e. The Morgan fingerprint density at radius 1 is 0.562 bits per heavy atom. The highest BCUT2D eigenvalue weighted by atomic mass is 31.2. The predicted octanol–water partition coefficient (Wildman–Crippen LogP) is 14.7. The highest BCUT2D eigenvalue weighted by Gasteiger charge is 2.23. The maximum atomic E-state index is 12.9. The van der Waals surface area contributed by atoms with Crippen LogP contribution in [0.15, 0.2) is 85.1 Å². The van der Waals surface area contributed by atoms with Gasteiger partial charge in [0.05, 0.1) is 39.9 Å². The summed E-state index contributed by atoms with van der Waals surface area (Å²) in [7, 11) is 1.22. The third-order valence-electron chi connectivity index (χ3n) is 11.1. The summed E-state index contributed by atoms with van der Waals surface area (Å²) in [5.41, 5.74) is 0. The molecule has 0 aromatic rings. The lowest BCUT2D eigenvalue weighted by atomic mass is 10.0. The zero-order valence-electron chi connectivity index (χ0n) is 42.0. The molecule has 0 saturated heterocycles. The number of hydrogen-bond acceptors (Lipinski definition) is 6. The molecule has 0 aromatic heterocycles. The van der Waals surface area contributed by atoms with Crippen LogP contribution in [0.5, 0.6) is 0 Å². The highest BCUT2D eigenvalue weighted by molar-refractivity contribution is 7.45. The molecule has 0 fully saturated rings. The first kappa shape index (κ1) is 61.7. The number of likely N-dealkylation sites (N-methyl/N-ethyl adjacent to an activating group) is 1. The summed E-state index contributed by atoms with van der Waals surface area (Å²) in [6.45, 7) is 4.50. The molecule has 0 radical (unpaired) electrons. The van der Waals surface area contributed by atoms with Gasteiger partial charge in [0.2, 0.25) is 5.91 Å². The Labute approximate surface area is 395 Å². The number of carbonyl (C=O) groups is 1. The van der Waals surface area contributed by atoms with Crippen molar-refractivity contribution in [3.8, 4) is 0 Å². The van der Waals surface area contributed by atoms with E-state index in [1.54, 1.807) is 6.08 Å². The van der Waals surface area contributed by atoms with E-state index in [2.05, 4.69) is 92.1 Å². The van der Waals surface area contributed by atoms with Gasteiger partial charge in [0.1, 0.15) is 13.2 Å². The summed E-state index contributed by atoms with van der Waals surface area (Å²) in [6.07, 6.45) is 63.6. The number of hydrogen-bond donors (Lipinski definition) is 2. The smallest absolute Gasteiger partial charge is 0.268 e. The van der Waals surface area contributed by atoms with E-state index in [-0.39, 0.29) is 12.5 Å². The van der Waals surface area contributed by atoms with Gasteiger partial charge in [-0.3, -0.25) is 9.36 Å². The molecule has 1 amide bonds. The van der Waals surface area contributed by atoms with Gasteiger partial charge in [-0.15, -0.1) is 0 Å². The number of rotatable bonds is 46. The topological polar surface area (TPSA) is 108 Å². The molecular formula is C55H99N2O6P. The minimum Gasteiger partial charge on any atom is -0.756 e. The van der Waals surface area contributed by atoms with Crippen LogP contribution in [0.3, 0.4) is 0 Å². The molecule has 8 nitrogen and oxygen atoms in total. The van der Waals surface area contributed by atoms with Gasteiger partial charge >= 0.3 is 0 Å². The summed E-state index contributed by atoms with van der Waals surface area (Å²) in [6, 6.07) is -0.917. The molecule has 3 atom stereocenters. The summed E-state index contributed by atoms with van der Waals surface area (Å²) < 4.78 is 23.3. The van der Waals surface area contributed by atoms with E-state index in [4.69, 9.17) is 9.05 Å². The van der Waals surface area contributed by atoms with Gasteiger partial charge in [-0.2, -0.15) is 0 Å². The van der Waals surface area contributed by atoms with Gasteiger partial charge < -0.3 is 28.8 Å². The van der Waals surface area contributed by atoms with Gasteiger partial charge in [0.25, 0.3) is 7.82 Å². The van der Waals surface area contributed by atoms with Gasteiger partial charge in [-0.05, 0) is 83.5 Å².